The number of ether oxygens (including phenoxy) is 2. The van der Waals surface area contributed by atoms with Gasteiger partial charge in [0.1, 0.15) is 0 Å². The average Bonchev–Trinajstić information content (AvgIpc) is 2.45. The maximum atomic E-state index is 12.1. The number of amides is 1. The van der Waals surface area contributed by atoms with E-state index in [9.17, 15) is 9.59 Å². The zero-order valence-electron chi connectivity index (χ0n) is 12.5. The number of methoxy groups -OCH3 is 2. The van der Waals surface area contributed by atoms with Gasteiger partial charge in [-0.1, -0.05) is 0 Å². The van der Waals surface area contributed by atoms with Crippen molar-refractivity contribution in [1.29, 1.82) is 0 Å². The van der Waals surface area contributed by atoms with Gasteiger partial charge in [0.15, 0.2) is 11.5 Å². The summed E-state index contributed by atoms with van der Waals surface area (Å²) in [6.07, 6.45) is 1.25. The highest BCUT2D eigenvalue weighted by Gasteiger charge is 2.13. The Kier molecular flexibility index (Phi) is 6.52. The van der Waals surface area contributed by atoms with E-state index < -0.39 is 5.97 Å². The van der Waals surface area contributed by atoms with Crippen LogP contribution in [0.3, 0.4) is 0 Å². The van der Waals surface area contributed by atoms with Crippen LogP contribution in [0.1, 0.15) is 36.5 Å². The van der Waals surface area contributed by atoms with E-state index in [1.807, 2.05) is 6.92 Å². The second-order valence-corrected chi connectivity index (χ2v) is 4.73. The Labute approximate surface area is 124 Å². The summed E-state index contributed by atoms with van der Waals surface area (Å²) in [5.74, 6) is -0.000526. The predicted octanol–water partition coefficient (Wildman–Crippen LogP) is 2.08. The third-order valence-corrected chi connectivity index (χ3v) is 3.05. The fourth-order valence-corrected chi connectivity index (χ4v) is 1.92. The first-order valence-electron chi connectivity index (χ1n) is 6.72. The molecule has 0 heterocycles. The first-order valence-corrected chi connectivity index (χ1v) is 6.72. The summed E-state index contributed by atoms with van der Waals surface area (Å²) in [6.45, 7) is 1.85. The molecule has 1 unspecified atom stereocenters. The van der Waals surface area contributed by atoms with Gasteiger partial charge in [-0.2, -0.15) is 0 Å². The highest BCUT2D eigenvalue weighted by Crippen LogP contribution is 2.27. The Balaban J connectivity index is 2.60. The molecule has 1 aromatic rings. The molecule has 1 atom stereocenters. The van der Waals surface area contributed by atoms with E-state index in [2.05, 4.69) is 5.32 Å². The van der Waals surface area contributed by atoms with Gasteiger partial charge in [-0.05, 0) is 38.0 Å². The lowest BCUT2D eigenvalue weighted by Gasteiger charge is -2.14. The number of aliphatic carboxylic acids is 1. The molecule has 6 heteroatoms. The minimum atomic E-state index is -0.826. The van der Waals surface area contributed by atoms with Crippen LogP contribution in [0.15, 0.2) is 18.2 Å². The number of hydrogen-bond acceptors (Lipinski definition) is 4. The fraction of sp³-hybridized carbons (Fsp3) is 0.467. The summed E-state index contributed by atoms with van der Waals surface area (Å²) >= 11 is 0. The lowest BCUT2D eigenvalue weighted by molar-refractivity contribution is -0.137. The van der Waals surface area contributed by atoms with Crippen LogP contribution in [0.2, 0.25) is 0 Å². The van der Waals surface area contributed by atoms with E-state index in [1.54, 1.807) is 18.2 Å². The van der Waals surface area contributed by atoms with Crippen molar-refractivity contribution >= 4 is 11.9 Å². The molecule has 0 bridgehead atoms. The topological polar surface area (TPSA) is 84.9 Å². The number of rotatable bonds is 8. The molecule has 0 saturated carbocycles. The van der Waals surface area contributed by atoms with Gasteiger partial charge in [-0.25, -0.2) is 0 Å². The van der Waals surface area contributed by atoms with E-state index in [-0.39, 0.29) is 18.4 Å². The summed E-state index contributed by atoms with van der Waals surface area (Å²) < 4.78 is 10.3. The lowest BCUT2D eigenvalue weighted by Crippen LogP contribution is -2.32. The maximum Gasteiger partial charge on any atom is 0.303 e. The van der Waals surface area contributed by atoms with Crippen molar-refractivity contribution in [2.45, 2.75) is 32.2 Å². The third kappa shape index (κ3) is 5.33. The number of carbonyl (C=O) groups is 2. The summed E-state index contributed by atoms with van der Waals surface area (Å²) in [4.78, 5) is 22.5. The minimum Gasteiger partial charge on any atom is -0.493 e. The molecule has 1 amide bonds. The Morgan fingerprint density at radius 2 is 1.90 bits per heavy atom. The second kappa shape index (κ2) is 8.14. The number of benzene rings is 1. The van der Waals surface area contributed by atoms with E-state index in [1.165, 1.54) is 14.2 Å². The van der Waals surface area contributed by atoms with Gasteiger partial charge in [0, 0.05) is 18.0 Å². The number of carboxylic acid groups (broad SMARTS) is 1. The Morgan fingerprint density at radius 3 is 2.48 bits per heavy atom. The minimum absolute atomic E-state index is 0.0926. The first-order chi connectivity index (χ1) is 9.97. The quantitative estimate of drug-likeness (QED) is 0.767. The number of hydrogen-bond donors (Lipinski definition) is 2. The first kappa shape index (κ1) is 16.8. The molecule has 0 radical (unpaired) electrons. The molecule has 0 spiro atoms. The summed E-state index contributed by atoms with van der Waals surface area (Å²) in [5.41, 5.74) is 0.470. The smallest absolute Gasteiger partial charge is 0.303 e. The molecule has 1 rings (SSSR count). The zero-order valence-corrected chi connectivity index (χ0v) is 12.5. The number of carbonyl (C=O) groups excluding carboxylic acids is 1. The summed E-state index contributed by atoms with van der Waals surface area (Å²) in [7, 11) is 3.04. The average molecular weight is 295 g/mol. The number of carboxylic acids is 1. The third-order valence-electron chi connectivity index (χ3n) is 3.05. The molecule has 0 fully saturated rings. The number of nitrogens with one attached hydrogen (secondary N) is 1. The molecule has 6 nitrogen and oxygen atoms in total. The standard InChI is InChI=1S/C15H21NO5/c1-10(5-4-6-14(17)18)16-15(19)11-7-8-12(20-2)13(9-11)21-3/h7-10H,4-6H2,1-3H3,(H,16,19)(H,17,18). The molecule has 2 N–H and O–H groups in total. The summed E-state index contributed by atoms with van der Waals surface area (Å²) in [5, 5.41) is 11.4. The highest BCUT2D eigenvalue weighted by molar-refractivity contribution is 5.95. The molecule has 0 aliphatic heterocycles. The van der Waals surface area contributed by atoms with Gasteiger partial charge >= 0.3 is 5.97 Å². The molecule has 21 heavy (non-hydrogen) atoms. The highest BCUT2D eigenvalue weighted by atomic mass is 16.5. The van der Waals surface area contributed by atoms with Crippen LogP contribution in [-0.4, -0.2) is 37.2 Å². The van der Waals surface area contributed by atoms with Crippen molar-refractivity contribution in [3.05, 3.63) is 23.8 Å². The molecule has 0 aliphatic carbocycles. The molecule has 0 aliphatic rings. The van der Waals surface area contributed by atoms with Crippen LogP contribution in [0, 0.1) is 0 Å². The molecule has 0 aromatic heterocycles. The van der Waals surface area contributed by atoms with Crippen molar-refractivity contribution in [3.63, 3.8) is 0 Å². The fourth-order valence-electron chi connectivity index (χ4n) is 1.92. The Bertz CT molecular complexity index is 501. The molecular weight excluding hydrogens is 274 g/mol. The molecule has 0 saturated heterocycles. The van der Waals surface area contributed by atoms with Crippen molar-refractivity contribution < 1.29 is 24.2 Å². The SMILES string of the molecule is COc1ccc(C(=O)NC(C)CCCC(=O)O)cc1OC. The Morgan fingerprint density at radius 1 is 1.24 bits per heavy atom. The predicted molar refractivity (Wildman–Crippen MR) is 78.0 cm³/mol. The normalized spacial score (nSPS) is 11.6. The second-order valence-electron chi connectivity index (χ2n) is 4.73. The van der Waals surface area contributed by atoms with Gasteiger partial charge in [-0.3, -0.25) is 9.59 Å². The molecule has 116 valence electrons. The van der Waals surface area contributed by atoms with Crippen molar-refractivity contribution in [1.82, 2.24) is 5.32 Å². The lowest BCUT2D eigenvalue weighted by atomic mass is 10.1. The van der Waals surface area contributed by atoms with E-state index in [4.69, 9.17) is 14.6 Å². The van der Waals surface area contributed by atoms with Crippen LogP contribution in [-0.2, 0) is 4.79 Å². The summed E-state index contributed by atoms with van der Waals surface area (Å²) in [6, 6.07) is 4.84. The van der Waals surface area contributed by atoms with Gasteiger partial charge in [0.2, 0.25) is 0 Å². The molecule has 1 aromatic carbocycles. The van der Waals surface area contributed by atoms with Gasteiger partial charge < -0.3 is 19.9 Å². The van der Waals surface area contributed by atoms with Crippen LogP contribution >= 0.6 is 0 Å². The Hall–Kier alpha value is -2.24. The van der Waals surface area contributed by atoms with Crippen LogP contribution in [0.25, 0.3) is 0 Å². The van der Waals surface area contributed by atoms with E-state index >= 15 is 0 Å². The van der Waals surface area contributed by atoms with Crippen LogP contribution in [0.5, 0.6) is 11.5 Å². The van der Waals surface area contributed by atoms with Gasteiger partial charge in [-0.15, -0.1) is 0 Å². The van der Waals surface area contributed by atoms with E-state index in [0.717, 1.165) is 0 Å². The maximum absolute atomic E-state index is 12.1. The van der Waals surface area contributed by atoms with Crippen molar-refractivity contribution in [2.24, 2.45) is 0 Å². The van der Waals surface area contributed by atoms with Crippen LogP contribution in [0.4, 0.5) is 0 Å². The zero-order chi connectivity index (χ0) is 15.8. The monoisotopic (exact) mass is 295 g/mol. The van der Waals surface area contributed by atoms with Crippen LogP contribution < -0.4 is 14.8 Å². The van der Waals surface area contributed by atoms with Gasteiger partial charge in [0.25, 0.3) is 5.91 Å². The van der Waals surface area contributed by atoms with E-state index in [0.29, 0.717) is 29.9 Å². The largest absolute Gasteiger partial charge is 0.493 e. The van der Waals surface area contributed by atoms with Crippen molar-refractivity contribution in [2.75, 3.05) is 14.2 Å². The van der Waals surface area contributed by atoms with Gasteiger partial charge in [0.05, 0.1) is 14.2 Å². The van der Waals surface area contributed by atoms with Crippen molar-refractivity contribution in [3.8, 4) is 11.5 Å². The molecular formula is C15H21NO5.